The Morgan fingerprint density at radius 2 is 2.44 bits per heavy atom. The van der Waals surface area contributed by atoms with Crippen LogP contribution in [0, 0.1) is 0 Å². The number of nitrogen functional groups attached to an aromatic ring is 1. The predicted molar refractivity (Wildman–Crippen MR) is 65.4 cm³/mol. The number of nitrogens with two attached hydrogens (primary N) is 1. The van der Waals surface area contributed by atoms with Gasteiger partial charge < -0.3 is 20.1 Å². The van der Waals surface area contributed by atoms with E-state index in [-0.39, 0.29) is 5.15 Å². The summed E-state index contributed by atoms with van der Waals surface area (Å²) in [6, 6.07) is 0. The third-order valence-electron chi connectivity index (χ3n) is 2.64. The molecule has 0 aliphatic carbocycles. The highest BCUT2D eigenvalue weighted by molar-refractivity contribution is 6.32. The standard InChI is InChI=1S/C10H13ClN4O3/c1-17-10(16)6-4-15(2-3-18-6)9-7(12)8(11)13-5-14-9/h5-6H,2-4,12H2,1H3. The predicted octanol–water partition coefficient (Wildman–Crippen LogP) is 0.0904. The summed E-state index contributed by atoms with van der Waals surface area (Å²) in [6.07, 6.45) is 0.688. The topological polar surface area (TPSA) is 90.6 Å². The van der Waals surface area contributed by atoms with Gasteiger partial charge in [0.15, 0.2) is 17.1 Å². The summed E-state index contributed by atoms with van der Waals surface area (Å²) in [6.45, 7) is 1.29. The highest BCUT2D eigenvalue weighted by atomic mass is 35.5. The number of carbonyl (C=O) groups excluding carboxylic acids is 1. The fourth-order valence-corrected chi connectivity index (χ4v) is 1.86. The molecule has 0 amide bonds. The van der Waals surface area contributed by atoms with Crippen molar-refractivity contribution in [3.8, 4) is 0 Å². The van der Waals surface area contributed by atoms with Crippen molar-refractivity contribution in [1.29, 1.82) is 0 Å². The molecule has 0 bridgehead atoms. The first-order valence-corrected chi connectivity index (χ1v) is 5.71. The van der Waals surface area contributed by atoms with E-state index >= 15 is 0 Å². The lowest BCUT2D eigenvalue weighted by Crippen LogP contribution is -2.47. The molecule has 0 saturated carbocycles. The largest absolute Gasteiger partial charge is 0.467 e. The van der Waals surface area contributed by atoms with Crippen molar-refractivity contribution in [2.24, 2.45) is 0 Å². The van der Waals surface area contributed by atoms with Crippen LogP contribution in [0.5, 0.6) is 0 Å². The average Bonchev–Trinajstić information content (AvgIpc) is 2.41. The molecule has 1 atom stereocenters. The zero-order chi connectivity index (χ0) is 13.1. The number of aromatic nitrogens is 2. The van der Waals surface area contributed by atoms with Crippen molar-refractivity contribution in [2.75, 3.05) is 37.4 Å². The third-order valence-corrected chi connectivity index (χ3v) is 2.95. The molecule has 1 fully saturated rings. The minimum Gasteiger partial charge on any atom is -0.467 e. The van der Waals surface area contributed by atoms with E-state index in [9.17, 15) is 4.79 Å². The number of carbonyl (C=O) groups is 1. The molecular weight excluding hydrogens is 260 g/mol. The van der Waals surface area contributed by atoms with Crippen molar-refractivity contribution in [3.05, 3.63) is 11.5 Å². The molecule has 0 radical (unpaired) electrons. The molecule has 1 aromatic heterocycles. The molecule has 0 spiro atoms. The van der Waals surface area contributed by atoms with Gasteiger partial charge in [0, 0.05) is 6.54 Å². The first-order chi connectivity index (χ1) is 8.63. The SMILES string of the molecule is COC(=O)C1CN(c2ncnc(Cl)c2N)CCO1. The third kappa shape index (κ3) is 2.46. The summed E-state index contributed by atoms with van der Waals surface area (Å²) in [5.41, 5.74) is 6.11. The Labute approximate surface area is 109 Å². The zero-order valence-corrected chi connectivity index (χ0v) is 10.6. The quantitative estimate of drug-likeness (QED) is 0.603. The number of rotatable bonds is 2. The van der Waals surface area contributed by atoms with Gasteiger partial charge >= 0.3 is 5.97 Å². The molecule has 1 aromatic rings. The van der Waals surface area contributed by atoms with Crippen LogP contribution in [0.25, 0.3) is 0 Å². The highest BCUT2D eigenvalue weighted by Crippen LogP contribution is 2.27. The number of anilines is 2. The van der Waals surface area contributed by atoms with Gasteiger partial charge in [0.05, 0.1) is 20.3 Å². The first-order valence-electron chi connectivity index (χ1n) is 5.34. The highest BCUT2D eigenvalue weighted by Gasteiger charge is 2.29. The monoisotopic (exact) mass is 272 g/mol. The number of methoxy groups -OCH3 is 1. The van der Waals surface area contributed by atoms with Crippen LogP contribution >= 0.6 is 11.6 Å². The summed E-state index contributed by atoms with van der Waals surface area (Å²) >= 11 is 5.83. The average molecular weight is 273 g/mol. The normalized spacial score (nSPS) is 19.7. The molecule has 1 aliphatic heterocycles. The fourth-order valence-electron chi connectivity index (χ4n) is 1.73. The van der Waals surface area contributed by atoms with Crippen molar-refractivity contribution >= 4 is 29.1 Å². The number of halogens is 1. The lowest BCUT2D eigenvalue weighted by Gasteiger charge is -2.32. The van der Waals surface area contributed by atoms with Crippen LogP contribution in [-0.2, 0) is 14.3 Å². The maximum absolute atomic E-state index is 11.4. The number of nitrogens with zero attached hydrogens (tertiary/aromatic N) is 3. The molecule has 0 aromatic carbocycles. The molecule has 2 N–H and O–H groups in total. The summed E-state index contributed by atoms with van der Waals surface area (Å²) in [5, 5.41) is 0.195. The summed E-state index contributed by atoms with van der Waals surface area (Å²) < 4.78 is 9.97. The first kappa shape index (κ1) is 12.8. The van der Waals surface area contributed by atoms with Crippen LogP contribution in [0.15, 0.2) is 6.33 Å². The smallest absolute Gasteiger partial charge is 0.336 e. The van der Waals surface area contributed by atoms with E-state index in [0.29, 0.717) is 31.2 Å². The molecule has 18 heavy (non-hydrogen) atoms. The second kappa shape index (κ2) is 5.36. The Kier molecular flexibility index (Phi) is 3.83. The Morgan fingerprint density at radius 1 is 1.67 bits per heavy atom. The van der Waals surface area contributed by atoms with Gasteiger partial charge in [-0.2, -0.15) is 0 Å². The van der Waals surface area contributed by atoms with Crippen LogP contribution in [-0.4, -0.2) is 48.8 Å². The van der Waals surface area contributed by atoms with E-state index in [1.807, 2.05) is 4.90 Å². The van der Waals surface area contributed by atoms with Crippen LogP contribution in [0.2, 0.25) is 5.15 Å². The van der Waals surface area contributed by atoms with Gasteiger partial charge in [0.2, 0.25) is 0 Å². The number of morpholine rings is 1. The summed E-state index contributed by atoms with van der Waals surface area (Å²) in [7, 11) is 1.32. The van der Waals surface area contributed by atoms with Crippen molar-refractivity contribution < 1.29 is 14.3 Å². The Bertz CT molecular complexity index is 457. The molecule has 1 unspecified atom stereocenters. The second-order valence-corrected chi connectivity index (χ2v) is 4.09. The van der Waals surface area contributed by atoms with Gasteiger partial charge in [-0.1, -0.05) is 11.6 Å². The Hall–Kier alpha value is -1.60. The molecule has 1 aliphatic rings. The van der Waals surface area contributed by atoms with E-state index in [4.69, 9.17) is 22.1 Å². The molecule has 2 heterocycles. The number of ether oxygens (including phenoxy) is 2. The minimum absolute atomic E-state index is 0.195. The Morgan fingerprint density at radius 3 is 3.17 bits per heavy atom. The summed E-state index contributed by atoms with van der Waals surface area (Å²) in [4.78, 5) is 21.1. The van der Waals surface area contributed by atoms with Crippen LogP contribution < -0.4 is 10.6 Å². The van der Waals surface area contributed by atoms with E-state index in [0.717, 1.165) is 0 Å². The van der Waals surface area contributed by atoms with Crippen molar-refractivity contribution in [3.63, 3.8) is 0 Å². The van der Waals surface area contributed by atoms with Gasteiger partial charge in [-0.25, -0.2) is 14.8 Å². The van der Waals surface area contributed by atoms with E-state index in [1.165, 1.54) is 13.4 Å². The van der Waals surface area contributed by atoms with E-state index in [1.54, 1.807) is 0 Å². The van der Waals surface area contributed by atoms with Crippen molar-refractivity contribution in [1.82, 2.24) is 9.97 Å². The number of esters is 1. The van der Waals surface area contributed by atoms with Gasteiger partial charge in [-0.05, 0) is 0 Å². The number of hydrogen-bond acceptors (Lipinski definition) is 7. The number of hydrogen-bond donors (Lipinski definition) is 1. The van der Waals surface area contributed by atoms with Gasteiger partial charge in [-0.3, -0.25) is 0 Å². The van der Waals surface area contributed by atoms with Gasteiger partial charge in [0.1, 0.15) is 12.0 Å². The molecule has 2 rings (SSSR count). The summed E-state index contributed by atoms with van der Waals surface area (Å²) in [5.74, 6) is 0.0885. The fraction of sp³-hybridized carbons (Fsp3) is 0.500. The van der Waals surface area contributed by atoms with E-state index < -0.39 is 12.1 Å². The molecule has 1 saturated heterocycles. The molecule has 8 heteroatoms. The molecule has 7 nitrogen and oxygen atoms in total. The Balaban J connectivity index is 2.18. The maximum Gasteiger partial charge on any atom is 0.336 e. The maximum atomic E-state index is 11.4. The zero-order valence-electron chi connectivity index (χ0n) is 9.80. The van der Waals surface area contributed by atoms with Crippen LogP contribution in [0.3, 0.4) is 0 Å². The minimum atomic E-state index is -0.642. The second-order valence-electron chi connectivity index (χ2n) is 3.73. The lowest BCUT2D eigenvalue weighted by molar-refractivity contribution is -0.154. The van der Waals surface area contributed by atoms with Gasteiger partial charge in [0.25, 0.3) is 0 Å². The molecule has 98 valence electrons. The van der Waals surface area contributed by atoms with Gasteiger partial charge in [-0.15, -0.1) is 0 Å². The van der Waals surface area contributed by atoms with Crippen LogP contribution in [0.1, 0.15) is 0 Å². The lowest BCUT2D eigenvalue weighted by atomic mass is 10.2. The van der Waals surface area contributed by atoms with Crippen LogP contribution in [0.4, 0.5) is 11.5 Å². The molecular formula is C10H13ClN4O3. The van der Waals surface area contributed by atoms with Crippen molar-refractivity contribution in [2.45, 2.75) is 6.10 Å². The van der Waals surface area contributed by atoms with E-state index in [2.05, 4.69) is 14.7 Å².